The highest BCUT2D eigenvalue weighted by molar-refractivity contribution is 7.90. The predicted molar refractivity (Wildman–Crippen MR) is 142 cm³/mol. The van der Waals surface area contributed by atoms with E-state index in [2.05, 4.69) is 19.7 Å². The second kappa shape index (κ2) is 9.68. The topological polar surface area (TPSA) is 120 Å². The average molecular weight is 533 g/mol. The van der Waals surface area contributed by atoms with E-state index in [9.17, 15) is 13.2 Å². The van der Waals surface area contributed by atoms with Gasteiger partial charge in [-0.05, 0) is 57.5 Å². The van der Waals surface area contributed by atoms with Crippen LogP contribution in [0, 0.1) is 13.8 Å². The predicted octanol–water partition coefficient (Wildman–Crippen LogP) is 3.98. The van der Waals surface area contributed by atoms with Crippen LogP contribution in [0.3, 0.4) is 0 Å². The minimum atomic E-state index is -4.24. The number of aromatic nitrogens is 3. The van der Waals surface area contributed by atoms with Gasteiger partial charge < -0.3 is 9.47 Å². The van der Waals surface area contributed by atoms with Crippen molar-refractivity contribution in [1.82, 2.24) is 19.7 Å². The van der Waals surface area contributed by atoms with Crippen LogP contribution in [-0.4, -0.2) is 43.0 Å². The number of nitrogens with one attached hydrogen (secondary N) is 1. The number of sulfonamides is 1. The summed E-state index contributed by atoms with van der Waals surface area (Å²) in [6, 6.07) is 13.8. The SMILES string of the molecule is CCOc1cnc([C@@H]2C[C@]2(C(=O)NS(=O)(=O)c2cccc3nc(C)ccc23)c2cc(C)ccc2OC)cn1. The molecule has 196 valence electrons. The van der Waals surface area contributed by atoms with E-state index in [4.69, 9.17) is 9.47 Å². The zero-order valence-electron chi connectivity index (χ0n) is 21.6. The third kappa shape index (κ3) is 4.45. The van der Waals surface area contributed by atoms with Crippen LogP contribution in [-0.2, 0) is 20.2 Å². The van der Waals surface area contributed by atoms with Gasteiger partial charge in [0.2, 0.25) is 11.8 Å². The molecular weight excluding hydrogens is 504 g/mol. The van der Waals surface area contributed by atoms with Gasteiger partial charge in [0.25, 0.3) is 10.0 Å². The molecule has 2 aromatic heterocycles. The second-order valence-electron chi connectivity index (χ2n) is 9.35. The van der Waals surface area contributed by atoms with Crippen molar-refractivity contribution >= 4 is 26.8 Å². The van der Waals surface area contributed by atoms with Crippen molar-refractivity contribution in [3.63, 3.8) is 0 Å². The molecule has 1 aliphatic rings. The van der Waals surface area contributed by atoms with E-state index in [0.717, 1.165) is 11.3 Å². The number of benzene rings is 2. The van der Waals surface area contributed by atoms with Gasteiger partial charge in [0.1, 0.15) is 5.75 Å². The molecule has 0 saturated heterocycles. The summed E-state index contributed by atoms with van der Waals surface area (Å²) < 4.78 is 40.5. The fourth-order valence-corrected chi connectivity index (χ4v) is 6.18. The minimum Gasteiger partial charge on any atom is -0.496 e. The smallest absolute Gasteiger partial charge is 0.264 e. The first-order valence-corrected chi connectivity index (χ1v) is 13.7. The number of hydrogen-bond donors (Lipinski definition) is 1. The summed E-state index contributed by atoms with van der Waals surface area (Å²) in [4.78, 5) is 27.2. The van der Waals surface area contributed by atoms with Gasteiger partial charge in [0.15, 0.2) is 0 Å². The Hall–Kier alpha value is -4.05. The maximum absolute atomic E-state index is 14.0. The molecule has 2 heterocycles. The Kier molecular flexibility index (Phi) is 6.52. The van der Waals surface area contributed by atoms with Gasteiger partial charge in [0.05, 0.1) is 47.6 Å². The number of amides is 1. The lowest BCUT2D eigenvalue weighted by atomic mass is 9.89. The lowest BCUT2D eigenvalue weighted by Crippen LogP contribution is -2.40. The Morgan fingerprint density at radius 1 is 1.11 bits per heavy atom. The van der Waals surface area contributed by atoms with Crippen LogP contribution >= 0.6 is 0 Å². The quantitative estimate of drug-likeness (QED) is 0.362. The first kappa shape index (κ1) is 25.6. The van der Waals surface area contributed by atoms with Crippen molar-refractivity contribution in [3.05, 3.63) is 83.4 Å². The standard InChI is InChI=1S/C28H28N4O5S/c1-5-37-26-16-29-23(15-30-26)21-14-28(21,20-13-17(2)9-12-24(20)36-4)27(33)32-38(34,35)25-8-6-7-22-19(25)11-10-18(3)31-22/h6-13,15-16,21H,5,14H2,1-4H3,(H,32,33)/t21-,28-/m0/s1. The van der Waals surface area contributed by atoms with E-state index in [1.54, 1.807) is 36.5 Å². The van der Waals surface area contributed by atoms with Crippen LogP contribution in [0.5, 0.6) is 11.6 Å². The van der Waals surface area contributed by atoms with Crippen LogP contribution in [0.1, 0.15) is 41.8 Å². The summed E-state index contributed by atoms with van der Waals surface area (Å²) in [6.45, 7) is 6.04. The number of carbonyl (C=O) groups is 1. The van der Waals surface area contributed by atoms with E-state index in [1.807, 2.05) is 32.9 Å². The van der Waals surface area contributed by atoms with Gasteiger partial charge in [-0.1, -0.05) is 23.8 Å². The number of hydrogen-bond acceptors (Lipinski definition) is 8. The van der Waals surface area contributed by atoms with Crippen molar-refractivity contribution in [1.29, 1.82) is 0 Å². The summed E-state index contributed by atoms with van der Waals surface area (Å²) in [5, 5.41) is 0.435. The molecule has 1 saturated carbocycles. The molecule has 9 nitrogen and oxygen atoms in total. The lowest BCUT2D eigenvalue weighted by Gasteiger charge is -2.21. The molecule has 5 rings (SSSR count). The van der Waals surface area contributed by atoms with Crippen molar-refractivity contribution in [2.24, 2.45) is 0 Å². The molecule has 4 aromatic rings. The molecule has 0 radical (unpaired) electrons. The van der Waals surface area contributed by atoms with Crippen LogP contribution < -0.4 is 14.2 Å². The van der Waals surface area contributed by atoms with Crippen molar-refractivity contribution < 1.29 is 22.7 Å². The van der Waals surface area contributed by atoms with Gasteiger partial charge in [-0.2, -0.15) is 0 Å². The Bertz CT molecular complexity index is 1640. The van der Waals surface area contributed by atoms with E-state index in [-0.39, 0.29) is 4.90 Å². The number of nitrogens with zero attached hydrogens (tertiary/aromatic N) is 3. The highest BCUT2D eigenvalue weighted by Gasteiger charge is 2.64. The Labute approximate surface area is 221 Å². The number of carbonyl (C=O) groups excluding carboxylic acids is 1. The maximum Gasteiger partial charge on any atom is 0.264 e. The number of fused-ring (bicyclic) bond motifs is 1. The van der Waals surface area contributed by atoms with E-state index in [0.29, 0.717) is 46.8 Å². The number of methoxy groups -OCH3 is 1. The second-order valence-corrected chi connectivity index (χ2v) is 11.0. The molecule has 1 fully saturated rings. The molecule has 2 atom stereocenters. The molecule has 2 aromatic carbocycles. The number of aryl methyl sites for hydroxylation is 2. The normalized spacial score (nSPS) is 18.7. The third-order valence-electron chi connectivity index (χ3n) is 6.85. The highest BCUT2D eigenvalue weighted by Crippen LogP contribution is 2.62. The van der Waals surface area contributed by atoms with Gasteiger partial charge in [-0.15, -0.1) is 0 Å². The van der Waals surface area contributed by atoms with Crippen LogP contribution in [0.2, 0.25) is 0 Å². The molecule has 0 aliphatic heterocycles. The summed E-state index contributed by atoms with van der Waals surface area (Å²) in [5.41, 5.74) is 2.15. The Morgan fingerprint density at radius 2 is 1.92 bits per heavy atom. The maximum atomic E-state index is 14.0. The number of rotatable bonds is 8. The summed E-state index contributed by atoms with van der Waals surface area (Å²) in [7, 11) is -2.71. The number of pyridine rings is 1. The molecule has 1 amide bonds. The Morgan fingerprint density at radius 3 is 2.63 bits per heavy atom. The molecular formula is C28H28N4O5S. The van der Waals surface area contributed by atoms with Gasteiger partial charge >= 0.3 is 0 Å². The molecule has 10 heteroatoms. The van der Waals surface area contributed by atoms with Crippen LogP contribution in [0.15, 0.2) is 65.8 Å². The fourth-order valence-electron chi connectivity index (χ4n) is 4.92. The summed E-state index contributed by atoms with van der Waals surface area (Å²) in [6.07, 6.45) is 3.42. The zero-order chi connectivity index (χ0) is 27.1. The molecule has 1 aliphatic carbocycles. The summed E-state index contributed by atoms with van der Waals surface area (Å²) in [5.74, 6) is -0.190. The largest absolute Gasteiger partial charge is 0.496 e. The average Bonchev–Trinajstić information content (AvgIpc) is 3.65. The van der Waals surface area contributed by atoms with Crippen LogP contribution in [0.25, 0.3) is 10.9 Å². The van der Waals surface area contributed by atoms with Gasteiger partial charge in [0, 0.05) is 22.6 Å². The van der Waals surface area contributed by atoms with Crippen LogP contribution in [0.4, 0.5) is 0 Å². The highest BCUT2D eigenvalue weighted by atomic mass is 32.2. The van der Waals surface area contributed by atoms with E-state index in [1.165, 1.54) is 19.4 Å². The first-order valence-electron chi connectivity index (χ1n) is 12.2. The van der Waals surface area contributed by atoms with E-state index < -0.39 is 27.3 Å². The molecule has 0 spiro atoms. The molecule has 0 bridgehead atoms. The molecule has 1 N–H and O–H groups in total. The fraction of sp³-hybridized carbons (Fsp3) is 0.286. The van der Waals surface area contributed by atoms with Gasteiger partial charge in [-0.3, -0.25) is 14.8 Å². The number of ether oxygens (including phenoxy) is 2. The van der Waals surface area contributed by atoms with Gasteiger partial charge in [-0.25, -0.2) is 18.1 Å². The Balaban J connectivity index is 1.57. The molecule has 0 unspecified atom stereocenters. The lowest BCUT2D eigenvalue weighted by molar-refractivity contribution is -0.122. The van der Waals surface area contributed by atoms with Crippen molar-refractivity contribution in [2.75, 3.05) is 13.7 Å². The summed E-state index contributed by atoms with van der Waals surface area (Å²) >= 11 is 0. The monoisotopic (exact) mass is 532 g/mol. The van der Waals surface area contributed by atoms with Crippen molar-refractivity contribution in [3.8, 4) is 11.6 Å². The van der Waals surface area contributed by atoms with Crippen molar-refractivity contribution in [2.45, 2.75) is 43.4 Å². The third-order valence-corrected chi connectivity index (χ3v) is 8.24. The zero-order valence-corrected chi connectivity index (χ0v) is 22.4. The minimum absolute atomic E-state index is 0.0136. The molecule has 38 heavy (non-hydrogen) atoms. The first-order chi connectivity index (χ1) is 18.2. The van der Waals surface area contributed by atoms with E-state index >= 15 is 0 Å².